The second-order valence-corrected chi connectivity index (χ2v) is 9.49. The molecule has 2 amide bonds. The van der Waals surface area contributed by atoms with Crippen LogP contribution in [0.3, 0.4) is 0 Å². The van der Waals surface area contributed by atoms with Crippen LogP contribution in [0.5, 0.6) is 5.75 Å². The van der Waals surface area contributed by atoms with Gasteiger partial charge in [-0.25, -0.2) is 0 Å². The predicted octanol–water partition coefficient (Wildman–Crippen LogP) is 6.11. The number of rotatable bonds is 6. The van der Waals surface area contributed by atoms with Crippen LogP contribution in [-0.2, 0) is 9.59 Å². The maximum absolute atomic E-state index is 13.4. The lowest BCUT2D eigenvalue weighted by atomic mass is 9.92. The zero-order valence-electron chi connectivity index (χ0n) is 20.2. The summed E-state index contributed by atoms with van der Waals surface area (Å²) in [5, 5.41) is 3.06. The van der Waals surface area contributed by atoms with Crippen molar-refractivity contribution >= 4 is 29.3 Å². The van der Waals surface area contributed by atoms with Crippen molar-refractivity contribution in [1.82, 2.24) is 0 Å². The van der Waals surface area contributed by atoms with Crippen molar-refractivity contribution in [3.8, 4) is 5.75 Å². The van der Waals surface area contributed by atoms with E-state index in [2.05, 4.69) is 33.0 Å². The highest BCUT2D eigenvalue weighted by molar-refractivity contribution is 6.11. The maximum atomic E-state index is 13.4. The minimum atomic E-state index is -0.544. The molecule has 0 spiro atoms. The Balaban J connectivity index is 1.87. The molecule has 5 heteroatoms. The molecule has 0 aromatic heterocycles. The normalized spacial score (nSPS) is 14.5. The molecule has 0 aliphatic carbocycles. The van der Waals surface area contributed by atoms with E-state index in [1.165, 1.54) is 0 Å². The number of fused-ring (bicyclic) bond motifs is 1. The Kier molecular flexibility index (Phi) is 6.77. The summed E-state index contributed by atoms with van der Waals surface area (Å²) < 4.78 is 5.32. The molecular formula is C27H34N2O3. The lowest BCUT2D eigenvalue weighted by Crippen LogP contribution is -2.49. The quantitative estimate of drug-likeness (QED) is 0.558. The Morgan fingerprint density at radius 3 is 2.22 bits per heavy atom. The minimum absolute atomic E-state index is 0.229. The van der Waals surface area contributed by atoms with E-state index in [4.69, 9.17) is 4.74 Å². The second-order valence-electron chi connectivity index (χ2n) is 9.49. The molecule has 5 nitrogen and oxygen atoms in total. The lowest BCUT2D eigenvalue weighted by molar-refractivity contribution is -0.125. The first-order chi connectivity index (χ1) is 15.0. The Labute approximate surface area is 191 Å². The summed E-state index contributed by atoms with van der Waals surface area (Å²) >= 11 is 0. The number of nitrogens with zero attached hydrogens (tertiary/aromatic N) is 1. The number of anilines is 2. The molecule has 0 fully saturated rings. The van der Waals surface area contributed by atoms with Gasteiger partial charge in [-0.2, -0.15) is 0 Å². The van der Waals surface area contributed by atoms with E-state index in [1.807, 2.05) is 62.4 Å². The molecule has 2 aromatic rings. The third-order valence-electron chi connectivity index (χ3n) is 5.92. The van der Waals surface area contributed by atoms with Crippen molar-refractivity contribution in [2.75, 3.05) is 17.3 Å². The summed E-state index contributed by atoms with van der Waals surface area (Å²) in [6.07, 6.45) is 3.75. The Hall–Kier alpha value is -3.08. The zero-order valence-corrected chi connectivity index (χ0v) is 20.2. The van der Waals surface area contributed by atoms with Crippen LogP contribution < -0.4 is 15.0 Å². The Morgan fingerprint density at radius 1 is 1.03 bits per heavy atom. The van der Waals surface area contributed by atoms with Gasteiger partial charge in [0.05, 0.1) is 18.3 Å². The average Bonchev–Trinajstić information content (AvgIpc) is 2.72. The molecule has 3 rings (SSSR count). The SMILES string of the molecule is COc1ccc2c(c1)C=CC(C)(C)N2C(=O)CC(=O)Nc1c(C(C)C)cccc1C(C)C. The van der Waals surface area contributed by atoms with Crippen LogP contribution in [0.4, 0.5) is 11.4 Å². The molecule has 1 N–H and O–H groups in total. The van der Waals surface area contributed by atoms with Gasteiger partial charge in [0.2, 0.25) is 11.8 Å². The van der Waals surface area contributed by atoms with Gasteiger partial charge in [-0.3, -0.25) is 9.59 Å². The fraction of sp³-hybridized carbons (Fsp3) is 0.407. The standard InChI is InChI=1S/C27H34N2O3/c1-17(2)21-9-8-10-22(18(3)4)26(21)28-24(30)16-25(31)29-23-12-11-20(32-7)15-19(23)13-14-27(29,5)6/h8-15,17-18H,16H2,1-7H3,(H,28,30). The number of methoxy groups -OCH3 is 1. The first kappa shape index (κ1) is 23.6. The predicted molar refractivity (Wildman–Crippen MR) is 131 cm³/mol. The van der Waals surface area contributed by atoms with Gasteiger partial charge in [0.15, 0.2) is 0 Å². The van der Waals surface area contributed by atoms with Gasteiger partial charge in [0.25, 0.3) is 0 Å². The molecule has 0 saturated carbocycles. The van der Waals surface area contributed by atoms with Gasteiger partial charge in [0.1, 0.15) is 12.2 Å². The van der Waals surface area contributed by atoms with E-state index in [0.717, 1.165) is 33.8 Å². The summed E-state index contributed by atoms with van der Waals surface area (Å²) in [5.74, 6) is 0.701. The summed E-state index contributed by atoms with van der Waals surface area (Å²) in [4.78, 5) is 28.1. The summed E-state index contributed by atoms with van der Waals surface area (Å²) in [7, 11) is 1.62. The number of benzene rings is 2. The molecule has 0 atom stereocenters. The van der Waals surface area contributed by atoms with E-state index in [1.54, 1.807) is 12.0 Å². The van der Waals surface area contributed by atoms with Crippen LogP contribution in [0.2, 0.25) is 0 Å². The molecular weight excluding hydrogens is 400 g/mol. The molecule has 0 radical (unpaired) electrons. The Bertz CT molecular complexity index is 1020. The van der Waals surface area contributed by atoms with E-state index >= 15 is 0 Å². The molecule has 1 aliphatic rings. The summed E-state index contributed by atoms with van der Waals surface area (Å²) in [6, 6.07) is 11.7. The van der Waals surface area contributed by atoms with Crippen molar-refractivity contribution in [2.45, 2.75) is 65.3 Å². The largest absolute Gasteiger partial charge is 0.497 e. The monoisotopic (exact) mass is 434 g/mol. The van der Waals surface area contributed by atoms with Crippen LogP contribution in [0, 0.1) is 0 Å². The molecule has 170 valence electrons. The number of hydrogen-bond acceptors (Lipinski definition) is 3. The van der Waals surface area contributed by atoms with Crippen molar-refractivity contribution in [3.05, 3.63) is 59.2 Å². The number of nitrogens with one attached hydrogen (secondary N) is 1. The van der Waals surface area contributed by atoms with Crippen molar-refractivity contribution in [3.63, 3.8) is 0 Å². The Morgan fingerprint density at radius 2 is 1.66 bits per heavy atom. The van der Waals surface area contributed by atoms with Crippen LogP contribution >= 0.6 is 0 Å². The van der Waals surface area contributed by atoms with Crippen LogP contribution in [0.25, 0.3) is 6.08 Å². The third kappa shape index (κ3) is 4.72. The molecule has 0 unspecified atom stereocenters. The third-order valence-corrected chi connectivity index (χ3v) is 5.92. The highest BCUT2D eigenvalue weighted by Crippen LogP contribution is 2.37. The highest BCUT2D eigenvalue weighted by Gasteiger charge is 2.35. The number of ether oxygens (including phenoxy) is 1. The number of hydrogen-bond donors (Lipinski definition) is 1. The van der Waals surface area contributed by atoms with Gasteiger partial charge in [-0.1, -0.05) is 58.0 Å². The molecule has 0 bridgehead atoms. The van der Waals surface area contributed by atoms with Gasteiger partial charge in [0, 0.05) is 11.3 Å². The smallest absolute Gasteiger partial charge is 0.237 e. The van der Waals surface area contributed by atoms with Gasteiger partial charge in [-0.15, -0.1) is 0 Å². The van der Waals surface area contributed by atoms with E-state index < -0.39 is 5.54 Å². The molecule has 1 aliphatic heterocycles. The zero-order chi connectivity index (χ0) is 23.6. The average molecular weight is 435 g/mol. The number of carbonyl (C=O) groups is 2. The van der Waals surface area contributed by atoms with Crippen molar-refractivity contribution < 1.29 is 14.3 Å². The summed E-state index contributed by atoms with van der Waals surface area (Å²) in [5.41, 5.74) is 4.12. The molecule has 32 heavy (non-hydrogen) atoms. The van der Waals surface area contributed by atoms with E-state index in [9.17, 15) is 9.59 Å². The second kappa shape index (κ2) is 9.19. The minimum Gasteiger partial charge on any atom is -0.497 e. The van der Waals surface area contributed by atoms with Crippen LogP contribution in [-0.4, -0.2) is 24.5 Å². The van der Waals surface area contributed by atoms with Crippen molar-refractivity contribution in [1.29, 1.82) is 0 Å². The molecule has 2 aromatic carbocycles. The molecule has 1 heterocycles. The van der Waals surface area contributed by atoms with Crippen LogP contribution in [0.1, 0.15) is 76.5 Å². The topological polar surface area (TPSA) is 58.6 Å². The number of carbonyl (C=O) groups excluding carboxylic acids is 2. The highest BCUT2D eigenvalue weighted by atomic mass is 16.5. The number of amides is 2. The van der Waals surface area contributed by atoms with Gasteiger partial charge >= 0.3 is 0 Å². The van der Waals surface area contributed by atoms with Crippen molar-refractivity contribution in [2.24, 2.45) is 0 Å². The van der Waals surface area contributed by atoms with Gasteiger partial charge in [-0.05, 0) is 55.0 Å². The number of para-hydroxylation sites is 1. The fourth-order valence-electron chi connectivity index (χ4n) is 4.23. The van der Waals surface area contributed by atoms with Gasteiger partial charge < -0.3 is 15.0 Å². The fourth-order valence-corrected chi connectivity index (χ4v) is 4.23. The maximum Gasteiger partial charge on any atom is 0.237 e. The van der Waals surface area contributed by atoms with E-state index in [0.29, 0.717) is 0 Å². The molecule has 0 saturated heterocycles. The first-order valence-corrected chi connectivity index (χ1v) is 11.2. The summed E-state index contributed by atoms with van der Waals surface area (Å²) in [6.45, 7) is 12.4. The lowest BCUT2D eigenvalue weighted by Gasteiger charge is -2.40. The van der Waals surface area contributed by atoms with E-state index in [-0.39, 0.29) is 30.1 Å². The first-order valence-electron chi connectivity index (χ1n) is 11.2. The van der Waals surface area contributed by atoms with Crippen LogP contribution in [0.15, 0.2) is 42.5 Å².